The van der Waals surface area contributed by atoms with Crippen molar-refractivity contribution < 1.29 is 13.2 Å². The molecule has 0 aliphatic carbocycles. The molecule has 2 fully saturated rings. The quantitative estimate of drug-likeness (QED) is 0.775. The summed E-state index contributed by atoms with van der Waals surface area (Å²) in [5, 5.41) is 0. The number of hydrogen-bond donors (Lipinski definition) is 0. The summed E-state index contributed by atoms with van der Waals surface area (Å²) in [6, 6.07) is 10.6. The lowest BCUT2D eigenvalue weighted by Gasteiger charge is -2.40. The molecule has 2 heterocycles. The first kappa shape index (κ1) is 18.7. The van der Waals surface area contributed by atoms with Crippen LogP contribution in [0.4, 0.5) is 0 Å². The maximum atomic E-state index is 12.4. The van der Waals surface area contributed by atoms with Crippen LogP contribution < -0.4 is 0 Å². The third-order valence-corrected chi connectivity index (χ3v) is 7.75. The summed E-state index contributed by atoms with van der Waals surface area (Å²) >= 11 is 1.67. The highest BCUT2D eigenvalue weighted by molar-refractivity contribution is 7.99. The Hall–Kier alpha value is -1.05. The van der Waals surface area contributed by atoms with Gasteiger partial charge >= 0.3 is 0 Å². The maximum absolute atomic E-state index is 12.4. The van der Waals surface area contributed by atoms with Gasteiger partial charge in [-0.1, -0.05) is 30.3 Å². The second-order valence-corrected chi connectivity index (χ2v) is 10.1. The number of hydrogen-bond acceptors (Lipinski definition) is 5. The summed E-state index contributed by atoms with van der Waals surface area (Å²) < 4.78 is 23.1. The van der Waals surface area contributed by atoms with E-state index in [9.17, 15) is 13.2 Å². The van der Waals surface area contributed by atoms with Crippen LogP contribution >= 0.6 is 11.8 Å². The van der Waals surface area contributed by atoms with E-state index in [1.165, 1.54) is 5.56 Å². The number of rotatable bonds is 5. The van der Waals surface area contributed by atoms with Gasteiger partial charge < -0.3 is 4.90 Å². The second kappa shape index (κ2) is 8.56. The number of sulfone groups is 1. The van der Waals surface area contributed by atoms with Crippen molar-refractivity contribution in [3.63, 3.8) is 0 Å². The van der Waals surface area contributed by atoms with Crippen molar-refractivity contribution in [2.45, 2.75) is 24.6 Å². The number of carbonyl (C=O) groups is 1. The minimum Gasteiger partial charge on any atom is -0.339 e. The molecule has 25 heavy (non-hydrogen) atoms. The third kappa shape index (κ3) is 5.46. The highest BCUT2D eigenvalue weighted by atomic mass is 32.2. The van der Waals surface area contributed by atoms with E-state index in [0.717, 1.165) is 44.8 Å². The van der Waals surface area contributed by atoms with Crippen LogP contribution in [0.15, 0.2) is 30.3 Å². The van der Waals surface area contributed by atoms with E-state index in [0.29, 0.717) is 23.3 Å². The van der Waals surface area contributed by atoms with Gasteiger partial charge in [-0.3, -0.25) is 9.69 Å². The normalized spacial score (nSPS) is 22.0. The molecule has 1 aromatic carbocycles. The molecule has 0 bridgehead atoms. The Kier molecular flexibility index (Phi) is 6.41. The summed E-state index contributed by atoms with van der Waals surface area (Å²) in [7, 11) is -2.81. The lowest BCUT2D eigenvalue weighted by atomic mass is 10.1. The molecule has 1 amide bonds. The molecule has 7 heteroatoms. The van der Waals surface area contributed by atoms with Crippen LogP contribution in [0.25, 0.3) is 0 Å². The molecule has 2 aliphatic heterocycles. The largest absolute Gasteiger partial charge is 0.339 e. The van der Waals surface area contributed by atoms with E-state index < -0.39 is 9.84 Å². The first-order valence-corrected chi connectivity index (χ1v) is 11.8. The van der Waals surface area contributed by atoms with Crippen LogP contribution in [-0.4, -0.2) is 73.6 Å². The average Bonchev–Trinajstić information content (AvgIpc) is 2.63. The third-order valence-electron chi connectivity index (χ3n) is 5.04. The Bertz CT molecular complexity index is 657. The monoisotopic (exact) mass is 382 g/mol. The molecule has 0 spiro atoms. The predicted octanol–water partition coefficient (Wildman–Crippen LogP) is 1.64. The molecule has 0 unspecified atom stereocenters. The van der Waals surface area contributed by atoms with Crippen molar-refractivity contribution in [2.75, 3.05) is 43.4 Å². The summed E-state index contributed by atoms with van der Waals surface area (Å²) in [6.07, 6.45) is 1.48. The van der Waals surface area contributed by atoms with E-state index in [4.69, 9.17) is 0 Å². The standard InChI is InChI=1S/C18H26N2O3S2/c21-18(15-24-14-16-4-2-1-3-5-16)20-10-8-19(9-11-20)17-6-12-25(22,23)13-7-17/h1-5,17H,6-15H2. The van der Waals surface area contributed by atoms with Gasteiger partial charge in [-0.25, -0.2) is 8.42 Å². The van der Waals surface area contributed by atoms with Gasteiger partial charge in [0.2, 0.25) is 5.91 Å². The molecule has 0 aromatic heterocycles. The van der Waals surface area contributed by atoms with Gasteiger partial charge in [0.1, 0.15) is 9.84 Å². The molecular formula is C18H26N2O3S2. The molecule has 5 nitrogen and oxygen atoms in total. The van der Waals surface area contributed by atoms with E-state index >= 15 is 0 Å². The van der Waals surface area contributed by atoms with Crippen molar-refractivity contribution >= 4 is 27.5 Å². The highest BCUT2D eigenvalue weighted by Gasteiger charge is 2.30. The Morgan fingerprint density at radius 3 is 2.32 bits per heavy atom. The summed E-state index contributed by atoms with van der Waals surface area (Å²) in [4.78, 5) is 16.7. The summed E-state index contributed by atoms with van der Waals surface area (Å²) in [5.41, 5.74) is 1.25. The van der Waals surface area contributed by atoms with Crippen molar-refractivity contribution in [2.24, 2.45) is 0 Å². The zero-order chi connectivity index (χ0) is 17.7. The molecule has 0 N–H and O–H groups in total. The van der Waals surface area contributed by atoms with Gasteiger partial charge in [-0.15, -0.1) is 11.8 Å². The Labute approximate surface area is 154 Å². The Morgan fingerprint density at radius 2 is 1.68 bits per heavy atom. The van der Waals surface area contributed by atoms with Gasteiger partial charge in [-0.2, -0.15) is 0 Å². The molecule has 138 valence electrons. The maximum Gasteiger partial charge on any atom is 0.232 e. The highest BCUT2D eigenvalue weighted by Crippen LogP contribution is 2.20. The first-order valence-electron chi connectivity index (χ1n) is 8.87. The van der Waals surface area contributed by atoms with E-state index in [2.05, 4.69) is 17.0 Å². The molecule has 3 rings (SSSR count). The first-order chi connectivity index (χ1) is 12.0. The van der Waals surface area contributed by atoms with Crippen molar-refractivity contribution in [3.05, 3.63) is 35.9 Å². The molecule has 0 atom stereocenters. The summed E-state index contributed by atoms with van der Waals surface area (Å²) in [5.74, 6) is 2.23. The van der Waals surface area contributed by atoms with E-state index in [1.807, 2.05) is 23.1 Å². The minimum atomic E-state index is -2.81. The molecule has 2 saturated heterocycles. The fourth-order valence-corrected chi connectivity index (χ4v) is 5.85. The minimum absolute atomic E-state index is 0.215. The number of amides is 1. The van der Waals surface area contributed by atoms with Crippen molar-refractivity contribution in [1.29, 1.82) is 0 Å². The lowest BCUT2D eigenvalue weighted by molar-refractivity contribution is -0.130. The molecule has 1 aromatic rings. The van der Waals surface area contributed by atoms with Crippen molar-refractivity contribution in [3.8, 4) is 0 Å². The van der Waals surface area contributed by atoms with E-state index in [1.54, 1.807) is 11.8 Å². The predicted molar refractivity (Wildman–Crippen MR) is 102 cm³/mol. The summed E-state index contributed by atoms with van der Waals surface area (Å²) in [6.45, 7) is 3.24. The topological polar surface area (TPSA) is 57.7 Å². The number of benzene rings is 1. The lowest BCUT2D eigenvalue weighted by Crippen LogP contribution is -2.53. The molecule has 0 saturated carbocycles. The SMILES string of the molecule is O=C(CSCc1ccccc1)N1CCN(C2CCS(=O)(=O)CC2)CC1. The molecule has 0 radical (unpaired) electrons. The number of nitrogens with zero attached hydrogens (tertiary/aromatic N) is 2. The van der Waals surface area contributed by atoms with Gasteiger partial charge in [0.05, 0.1) is 17.3 Å². The van der Waals surface area contributed by atoms with Crippen LogP contribution in [0.5, 0.6) is 0 Å². The molecule has 2 aliphatic rings. The van der Waals surface area contributed by atoms with Gasteiger partial charge in [-0.05, 0) is 18.4 Å². The van der Waals surface area contributed by atoms with Crippen LogP contribution in [0.1, 0.15) is 18.4 Å². The Balaban J connectivity index is 1.37. The van der Waals surface area contributed by atoms with E-state index in [-0.39, 0.29) is 5.91 Å². The van der Waals surface area contributed by atoms with Crippen LogP contribution in [-0.2, 0) is 20.4 Å². The smallest absolute Gasteiger partial charge is 0.232 e. The fourth-order valence-electron chi connectivity index (χ4n) is 3.50. The van der Waals surface area contributed by atoms with Crippen LogP contribution in [0.3, 0.4) is 0 Å². The van der Waals surface area contributed by atoms with Gasteiger partial charge in [0.25, 0.3) is 0 Å². The number of piperazine rings is 1. The molecular weight excluding hydrogens is 356 g/mol. The van der Waals surface area contributed by atoms with Crippen molar-refractivity contribution in [1.82, 2.24) is 9.80 Å². The van der Waals surface area contributed by atoms with Gasteiger partial charge in [0, 0.05) is 38.0 Å². The van der Waals surface area contributed by atoms with Gasteiger partial charge in [0.15, 0.2) is 0 Å². The Morgan fingerprint density at radius 1 is 1.04 bits per heavy atom. The number of thioether (sulfide) groups is 1. The number of carbonyl (C=O) groups excluding carboxylic acids is 1. The average molecular weight is 383 g/mol. The zero-order valence-electron chi connectivity index (χ0n) is 14.5. The fraction of sp³-hybridized carbons (Fsp3) is 0.611. The zero-order valence-corrected chi connectivity index (χ0v) is 16.1. The second-order valence-electron chi connectivity index (χ2n) is 6.78. The van der Waals surface area contributed by atoms with Crippen LogP contribution in [0.2, 0.25) is 0 Å². The van der Waals surface area contributed by atoms with Crippen LogP contribution in [0, 0.1) is 0 Å².